The van der Waals surface area contributed by atoms with Gasteiger partial charge in [-0.25, -0.2) is 4.39 Å². The number of benzene rings is 2. The molecule has 1 aliphatic heterocycles. The van der Waals surface area contributed by atoms with Crippen molar-refractivity contribution in [1.29, 1.82) is 0 Å². The number of aryl methyl sites for hydroxylation is 1. The van der Waals surface area contributed by atoms with E-state index in [2.05, 4.69) is 31.9 Å². The van der Waals surface area contributed by atoms with Crippen molar-refractivity contribution in [1.82, 2.24) is 10.6 Å². The van der Waals surface area contributed by atoms with Gasteiger partial charge in [0.2, 0.25) is 0 Å². The summed E-state index contributed by atoms with van der Waals surface area (Å²) in [6.07, 6.45) is 0. The number of carbonyl (C=O) groups excluding carboxylic acids is 1. The van der Waals surface area contributed by atoms with Gasteiger partial charge in [0.05, 0.1) is 11.6 Å². The number of amides is 1. The molecule has 0 bridgehead atoms. The molecule has 140 valence electrons. The maximum atomic E-state index is 14.5. The fourth-order valence-electron chi connectivity index (χ4n) is 2.88. The summed E-state index contributed by atoms with van der Waals surface area (Å²) in [5, 5.41) is 9.62. The number of rotatable bonds is 3. The number of hydrogen-bond acceptors (Lipinski definition) is 2. The van der Waals surface area contributed by atoms with E-state index in [1.165, 1.54) is 6.07 Å². The maximum Gasteiger partial charge on any atom is 0.255 e. The topological polar surface area (TPSA) is 53.2 Å². The van der Waals surface area contributed by atoms with Gasteiger partial charge in [0.25, 0.3) is 5.91 Å². The lowest BCUT2D eigenvalue weighted by Gasteiger charge is -2.30. The Balaban J connectivity index is 2.02. The van der Waals surface area contributed by atoms with Crippen molar-refractivity contribution in [2.45, 2.75) is 19.9 Å². The van der Waals surface area contributed by atoms with Gasteiger partial charge in [-0.05, 0) is 62.0 Å². The third-order valence-electron chi connectivity index (χ3n) is 4.23. The highest BCUT2D eigenvalue weighted by atomic mass is 79.9. The van der Waals surface area contributed by atoms with E-state index in [0.717, 1.165) is 5.56 Å². The SMILES string of the molecule is CC1=C(C(=O)Nc2cc(Cl)ccc2C)C(c2cc(Br)ccc2F)NC(=S)N1. The molecular formula is C19H16BrClFN3OS. The molecule has 3 rings (SSSR count). The molecule has 4 nitrogen and oxygen atoms in total. The van der Waals surface area contributed by atoms with Crippen molar-refractivity contribution in [2.75, 3.05) is 5.32 Å². The van der Waals surface area contributed by atoms with Crippen LogP contribution in [0.1, 0.15) is 24.1 Å². The van der Waals surface area contributed by atoms with Crippen LogP contribution in [0.2, 0.25) is 5.02 Å². The molecule has 27 heavy (non-hydrogen) atoms. The second-order valence-corrected chi connectivity index (χ2v) is 7.91. The molecule has 0 fully saturated rings. The number of carbonyl (C=O) groups is 1. The molecule has 0 radical (unpaired) electrons. The standard InChI is InChI=1S/C19H16BrClFN3OS/c1-9-3-5-12(21)8-15(9)24-18(26)16-10(2)23-19(27)25-17(16)13-7-11(20)4-6-14(13)22/h3-8,17H,1-2H3,(H,24,26)(H2,23,25,27). The fraction of sp³-hybridized carbons (Fsp3) is 0.158. The summed E-state index contributed by atoms with van der Waals surface area (Å²) in [6, 6.07) is 9.09. The quantitative estimate of drug-likeness (QED) is 0.556. The second kappa shape index (κ2) is 7.96. The first-order chi connectivity index (χ1) is 12.8. The zero-order chi connectivity index (χ0) is 19.7. The van der Waals surface area contributed by atoms with Crippen LogP contribution in [-0.2, 0) is 4.79 Å². The summed E-state index contributed by atoms with van der Waals surface area (Å²) in [7, 11) is 0. The molecule has 2 aromatic rings. The molecular weight excluding hydrogens is 453 g/mol. The smallest absolute Gasteiger partial charge is 0.255 e. The zero-order valence-corrected chi connectivity index (χ0v) is 17.7. The normalized spacial score (nSPS) is 16.6. The summed E-state index contributed by atoms with van der Waals surface area (Å²) in [6.45, 7) is 3.60. The summed E-state index contributed by atoms with van der Waals surface area (Å²) < 4.78 is 15.2. The van der Waals surface area contributed by atoms with E-state index in [4.69, 9.17) is 23.8 Å². The van der Waals surface area contributed by atoms with Gasteiger partial charge in [-0.3, -0.25) is 4.79 Å². The number of allylic oxidation sites excluding steroid dienone is 1. The van der Waals surface area contributed by atoms with E-state index >= 15 is 0 Å². The summed E-state index contributed by atoms with van der Waals surface area (Å²) >= 11 is 14.6. The lowest BCUT2D eigenvalue weighted by atomic mass is 9.94. The molecule has 0 saturated carbocycles. The lowest BCUT2D eigenvalue weighted by molar-refractivity contribution is -0.113. The minimum Gasteiger partial charge on any atom is -0.351 e. The van der Waals surface area contributed by atoms with Crippen molar-refractivity contribution in [2.24, 2.45) is 0 Å². The Bertz CT molecular complexity index is 979. The number of hydrogen-bond donors (Lipinski definition) is 3. The van der Waals surface area contributed by atoms with Crippen LogP contribution >= 0.6 is 39.7 Å². The minimum absolute atomic E-state index is 0.320. The molecule has 1 atom stereocenters. The molecule has 0 aromatic heterocycles. The lowest BCUT2D eigenvalue weighted by Crippen LogP contribution is -2.46. The van der Waals surface area contributed by atoms with Gasteiger partial charge in [-0.1, -0.05) is 33.6 Å². The minimum atomic E-state index is -0.726. The van der Waals surface area contributed by atoms with Crippen LogP contribution in [0.5, 0.6) is 0 Å². The van der Waals surface area contributed by atoms with E-state index in [1.54, 1.807) is 31.2 Å². The Morgan fingerprint density at radius 2 is 2.00 bits per heavy atom. The second-order valence-electron chi connectivity index (χ2n) is 6.15. The maximum absolute atomic E-state index is 14.5. The van der Waals surface area contributed by atoms with Crippen LogP contribution in [0.4, 0.5) is 10.1 Å². The molecule has 2 aromatic carbocycles. The molecule has 0 spiro atoms. The number of thiocarbonyl (C=S) groups is 1. The molecule has 0 saturated heterocycles. The van der Waals surface area contributed by atoms with E-state index in [0.29, 0.717) is 37.1 Å². The fourth-order valence-corrected chi connectivity index (χ4v) is 3.70. The Morgan fingerprint density at radius 3 is 2.74 bits per heavy atom. The van der Waals surface area contributed by atoms with E-state index < -0.39 is 11.9 Å². The average molecular weight is 469 g/mol. The highest BCUT2D eigenvalue weighted by Crippen LogP contribution is 2.31. The van der Waals surface area contributed by atoms with Gasteiger partial charge in [0.1, 0.15) is 5.82 Å². The average Bonchev–Trinajstić information content (AvgIpc) is 2.59. The number of halogens is 3. The van der Waals surface area contributed by atoms with Gasteiger partial charge >= 0.3 is 0 Å². The summed E-state index contributed by atoms with van der Waals surface area (Å²) in [5.74, 6) is -0.804. The van der Waals surface area contributed by atoms with Gasteiger partial charge < -0.3 is 16.0 Å². The Kier molecular flexibility index (Phi) is 5.83. The first-order valence-electron chi connectivity index (χ1n) is 8.07. The van der Waals surface area contributed by atoms with Crippen LogP contribution < -0.4 is 16.0 Å². The van der Waals surface area contributed by atoms with Crippen LogP contribution in [0.3, 0.4) is 0 Å². The Morgan fingerprint density at radius 1 is 1.26 bits per heavy atom. The Hall–Kier alpha value is -1.96. The molecule has 1 heterocycles. The van der Waals surface area contributed by atoms with E-state index in [1.807, 2.05) is 13.0 Å². The third-order valence-corrected chi connectivity index (χ3v) is 5.18. The predicted octanol–water partition coefficient (Wildman–Crippen LogP) is 4.98. The monoisotopic (exact) mass is 467 g/mol. The predicted molar refractivity (Wildman–Crippen MR) is 113 cm³/mol. The van der Waals surface area contributed by atoms with Crippen molar-refractivity contribution in [3.05, 3.63) is 74.1 Å². The van der Waals surface area contributed by atoms with E-state index in [-0.39, 0.29) is 5.91 Å². The highest BCUT2D eigenvalue weighted by Gasteiger charge is 2.32. The summed E-state index contributed by atoms with van der Waals surface area (Å²) in [4.78, 5) is 13.1. The van der Waals surface area contributed by atoms with Crippen LogP contribution in [0, 0.1) is 12.7 Å². The van der Waals surface area contributed by atoms with Gasteiger partial charge in [0, 0.05) is 26.4 Å². The largest absolute Gasteiger partial charge is 0.351 e. The van der Waals surface area contributed by atoms with Crippen LogP contribution in [-0.4, -0.2) is 11.0 Å². The van der Waals surface area contributed by atoms with E-state index in [9.17, 15) is 9.18 Å². The molecule has 8 heteroatoms. The van der Waals surface area contributed by atoms with Crippen molar-refractivity contribution < 1.29 is 9.18 Å². The Labute approximate surface area is 175 Å². The van der Waals surface area contributed by atoms with Gasteiger partial charge in [0.15, 0.2) is 5.11 Å². The zero-order valence-electron chi connectivity index (χ0n) is 14.5. The first-order valence-corrected chi connectivity index (χ1v) is 9.65. The number of nitrogens with one attached hydrogen (secondary N) is 3. The molecule has 1 aliphatic rings. The molecule has 3 N–H and O–H groups in total. The molecule has 1 amide bonds. The first kappa shape index (κ1) is 19.8. The molecule has 0 aliphatic carbocycles. The van der Waals surface area contributed by atoms with Gasteiger partial charge in [-0.15, -0.1) is 0 Å². The molecule has 1 unspecified atom stereocenters. The third kappa shape index (κ3) is 4.31. The summed E-state index contributed by atoms with van der Waals surface area (Å²) in [5.41, 5.74) is 2.68. The van der Waals surface area contributed by atoms with Crippen LogP contribution in [0.15, 0.2) is 52.1 Å². The van der Waals surface area contributed by atoms with Crippen molar-refractivity contribution in [3.63, 3.8) is 0 Å². The highest BCUT2D eigenvalue weighted by molar-refractivity contribution is 9.10. The number of anilines is 1. The van der Waals surface area contributed by atoms with Crippen molar-refractivity contribution >= 4 is 56.5 Å². The van der Waals surface area contributed by atoms with Crippen LogP contribution in [0.25, 0.3) is 0 Å². The van der Waals surface area contributed by atoms with Crippen molar-refractivity contribution in [3.8, 4) is 0 Å². The van der Waals surface area contributed by atoms with Gasteiger partial charge in [-0.2, -0.15) is 0 Å².